The maximum absolute atomic E-state index is 12.2. The number of methoxy groups -OCH3 is 2. The van der Waals surface area contributed by atoms with Crippen LogP contribution in [-0.4, -0.2) is 38.0 Å². The Hall–Kier alpha value is -2.38. The smallest absolute Gasteiger partial charge is 0.307 e. The number of hydrogen-bond acceptors (Lipinski definition) is 6. The molecule has 0 radical (unpaired) electrons. The molecule has 0 aliphatic carbocycles. The van der Waals surface area contributed by atoms with E-state index in [0.29, 0.717) is 22.3 Å². The molecule has 2 aromatic carbocycles. The summed E-state index contributed by atoms with van der Waals surface area (Å²) in [5, 5.41) is 3.42. The molecule has 1 amide bonds. The minimum absolute atomic E-state index is 0.209. The third-order valence-electron chi connectivity index (χ3n) is 3.98. The normalized spacial score (nSPS) is 11.4. The third-order valence-corrected chi connectivity index (χ3v) is 5.25. The minimum Gasteiger partial charge on any atom is -0.493 e. The lowest BCUT2D eigenvalue weighted by atomic mass is 10.2. The molecule has 29 heavy (non-hydrogen) atoms. The van der Waals surface area contributed by atoms with Crippen LogP contribution in [0, 0.1) is 0 Å². The lowest BCUT2D eigenvalue weighted by Gasteiger charge is -2.14. The Kier molecular flexibility index (Phi) is 9.15. The zero-order valence-corrected chi connectivity index (χ0v) is 18.1. The summed E-state index contributed by atoms with van der Waals surface area (Å²) in [5.74, 6) is 0.970. The quantitative estimate of drug-likeness (QED) is 0.446. The number of thioether (sulfide) groups is 1. The van der Waals surface area contributed by atoms with Gasteiger partial charge in [-0.05, 0) is 48.9 Å². The summed E-state index contributed by atoms with van der Waals surface area (Å²) in [5.41, 5.74) is 0.842. The van der Waals surface area contributed by atoms with Gasteiger partial charge in [0.05, 0.1) is 20.6 Å². The van der Waals surface area contributed by atoms with Crippen LogP contribution in [0.5, 0.6) is 11.5 Å². The SMILES string of the molecule is COc1ccc(CNC(=O)C(C)OC(=O)CCSc2ccc(Cl)cc2)cc1OC. The fraction of sp³-hybridized carbons (Fsp3) is 0.333. The fourth-order valence-corrected chi connectivity index (χ4v) is 3.38. The predicted molar refractivity (Wildman–Crippen MR) is 114 cm³/mol. The number of carbonyl (C=O) groups excluding carboxylic acids is 2. The first kappa shape index (κ1) is 22.9. The summed E-state index contributed by atoms with van der Waals surface area (Å²) in [6, 6.07) is 12.8. The molecule has 0 aliphatic rings. The lowest BCUT2D eigenvalue weighted by molar-refractivity contribution is -0.154. The molecule has 0 spiro atoms. The molecule has 2 rings (SSSR count). The Balaban J connectivity index is 1.73. The fourth-order valence-electron chi connectivity index (χ4n) is 2.42. The van der Waals surface area contributed by atoms with Crippen molar-refractivity contribution in [2.75, 3.05) is 20.0 Å². The number of ether oxygens (including phenoxy) is 3. The van der Waals surface area contributed by atoms with Crippen LogP contribution in [0.2, 0.25) is 5.02 Å². The average Bonchev–Trinajstić information content (AvgIpc) is 2.73. The number of rotatable bonds is 10. The summed E-state index contributed by atoms with van der Waals surface area (Å²) in [6.07, 6.45) is -0.663. The third kappa shape index (κ3) is 7.51. The second kappa shape index (κ2) is 11.6. The van der Waals surface area contributed by atoms with Crippen LogP contribution < -0.4 is 14.8 Å². The Morgan fingerprint density at radius 1 is 1.07 bits per heavy atom. The van der Waals surface area contributed by atoms with Crippen molar-refractivity contribution in [2.45, 2.75) is 30.9 Å². The van der Waals surface area contributed by atoms with E-state index in [1.165, 1.54) is 11.8 Å². The Bertz CT molecular complexity index is 828. The van der Waals surface area contributed by atoms with Crippen molar-refractivity contribution in [1.29, 1.82) is 0 Å². The molecule has 1 unspecified atom stereocenters. The van der Waals surface area contributed by atoms with E-state index in [9.17, 15) is 9.59 Å². The second-order valence-electron chi connectivity index (χ2n) is 6.09. The first-order valence-corrected chi connectivity index (χ1v) is 10.4. The predicted octanol–water partition coefficient (Wildman–Crippen LogP) is 4.09. The van der Waals surface area contributed by atoms with Gasteiger partial charge in [0.15, 0.2) is 17.6 Å². The van der Waals surface area contributed by atoms with Crippen LogP contribution >= 0.6 is 23.4 Å². The number of esters is 1. The lowest BCUT2D eigenvalue weighted by Crippen LogP contribution is -2.35. The highest BCUT2D eigenvalue weighted by molar-refractivity contribution is 7.99. The number of halogens is 1. The molecule has 6 nitrogen and oxygen atoms in total. The van der Waals surface area contributed by atoms with Gasteiger partial charge >= 0.3 is 5.97 Å². The molecule has 8 heteroatoms. The largest absolute Gasteiger partial charge is 0.493 e. The van der Waals surface area contributed by atoms with Gasteiger partial charge in [0.2, 0.25) is 0 Å². The van der Waals surface area contributed by atoms with E-state index < -0.39 is 12.1 Å². The van der Waals surface area contributed by atoms with Crippen molar-refractivity contribution in [3.63, 3.8) is 0 Å². The van der Waals surface area contributed by atoms with Crippen molar-refractivity contribution in [3.05, 3.63) is 53.1 Å². The van der Waals surface area contributed by atoms with Crippen LogP contribution in [0.1, 0.15) is 18.9 Å². The summed E-state index contributed by atoms with van der Waals surface area (Å²) in [4.78, 5) is 25.2. The van der Waals surface area contributed by atoms with E-state index in [2.05, 4.69) is 5.32 Å². The maximum Gasteiger partial charge on any atom is 0.307 e. The summed E-state index contributed by atoms with van der Waals surface area (Å²) >= 11 is 7.37. The Morgan fingerprint density at radius 3 is 2.41 bits per heavy atom. The molecule has 1 atom stereocenters. The zero-order chi connectivity index (χ0) is 21.2. The molecule has 1 N–H and O–H groups in total. The van der Waals surface area contributed by atoms with Gasteiger partial charge in [0, 0.05) is 22.2 Å². The van der Waals surface area contributed by atoms with E-state index >= 15 is 0 Å². The van der Waals surface area contributed by atoms with Crippen molar-refractivity contribution in [1.82, 2.24) is 5.32 Å². The number of carbonyl (C=O) groups is 2. The molecule has 0 fully saturated rings. The highest BCUT2D eigenvalue weighted by atomic mass is 35.5. The molecule has 0 heterocycles. The standard InChI is InChI=1S/C21H24ClNO5S/c1-14(28-20(24)10-11-29-17-7-5-16(22)6-8-17)21(25)23-13-15-4-9-18(26-2)19(12-15)27-3/h4-9,12,14H,10-11,13H2,1-3H3,(H,23,25). The highest BCUT2D eigenvalue weighted by Gasteiger charge is 2.17. The molecule has 0 saturated carbocycles. The van der Waals surface area contributed by atoms with Crippen LogP contribution in [0.25, 0.3) is 0 Å². The summed E-state index contributed by atoms with van der Waals surface area (Å²) in [7, 11) is 3.11. The molecule has 156 valence electrons. The number of benzene rings is 2. The molecular formula is C21H24ClNO5S. The van der Waals surface area contributed by atoms with Crippen LogP contribution in [0.4, 0.5) is 0 Å². The maximum atomic E-state index is 12.2. The molecule has 0 aromatic heterocycles. The van der Waals surface area contributed by atoms with Gasteiger partial charge in [-0.25, -0.2) is 0 Å². The van der Waals surface area contributed by atoms with Crippen LogP contribution in [0.15, 0.2) is 47.4 Å². The monoisotopic (exact) mass is 437 g/mol. The van der Waals surface area contributed by atoms with Crippen LogP contribution in [0.3, 0.4) is 0 Å². The van der Waals surface area contributed by atoms with Gasteiger partial charge < -0.3 is 19.5 Å². The zero-order valence-electron chi connectivity index (χ0n) is 16.6. The number of hydrogen-bond donors (Lipinski definition) is 1. The van der Waals surface area contributed by atoms with E-state index in [1.54, 1.807) is 45.4 Å². The van der Waals surface area contributed by atoms with Gasteiger partial charge in [0.1, 0.15) is 0 Å². The Labute approximate surface area is 179 Å². The second-order valence-corrected chi connectivity index (χ2v) is 7.70. The first-order chi connectivity index (χ1) is 13.9. The molecular weight excluding hydrogens is 414 g/mol. The molecule has 0 saturated heterocycles. The summed E-state index contributed by atoms with van der Waals surface area (Å²) < 4.78 is 15.6. The number of amides is 1. The van der Waals surface area contributed by atoms with Crippen molar-refractivity contribution < 1.29 is 23.8 Å². The van der Waals surface area contributed by atoms with Crippen LogP contribution in [-0.2, 0) is 20.9 Å². The molecule has 0 bridgehead atoms. The molecule has 0 aliphatic heterocycles. The van der Waals surface area contributed by atoms with Gasteiger partial charge in [0.25, 0.3) is 5.91 Å². The highest BCUT2D eigenvalue weighted by Crippen LogP contribution is 2.27. The minimum atomic E-state index is -0.872. The Morgan fingerprint density at radius 2 is 1.76 bits per heavy atom. The topological polar surface area (TPSA) is 73.9 Å². The van der Waals surface area contributed by atoms with Gasteiger partial charge in [-0.15, -0.1) is 11.8 Å². The van der Waals surface area contributed by atoms with E-state index in [0.717, 1.165) is 10.5 Å². The average molecular weight is 438 g/mol. The van der Waals surface area contributed by atoms with E-state index in [-0.39, 0.29) is 18.9 Å². The van der Waals surface area contributed by atoms with Crippen molar-refractivity contribution >= 4 is 35.2 Å². The van der Waals surface area contributed by atoms with Crippen molar-refractivity contribution in [2.24, 2.45) is 0 Å². The van der Waals surface area contributed by atoms with Crippen molar-refractivity contribution in [3.8, 4) is 11.5 Å². The first-order valence-electron chi connectivity index (χ1n) is 8.99. The van der Waals surface area contributed by atoms with E-state index in [4.69, 9.17) is 25.8 Å². The molecule has 2 aromatic rings. The van der Waals surface area contributed by atoms with Gasteiger partial charge in [-0.3, -0.25) is 9.59 Å². The van der Waals surface area contributed by atoms with Gasteiger partial charge in [-0.2, -0.15) is 0 Å². The number of nitrogens with one attached hydrogen (secondary N) is 1. The van der Waals surface area contributed by atoms with E-state index in [1.807, 2.05) is 18.2 Å². The van der Waals surface area contributed by atoms with Gasteiger partial charge in [-0.1, -0.05) is 17.7 Å². The summed E-state index contributed by atoms with van der Waals surface area (Å²) in [6.45, 7) is 1.83.